The molecule has 0 amide bonds. The van der Waals surface area contributed by atoms with Crippen LogP contribution in [0.2, 0.25) is 0 Å². The van der Waals surface area contributed by atoms with Crippen molar-refractivity contribution in [2.24, 2.45) is 0 Å². The summed E-state index contributed by atoms with van der Waals surface area (Å²) in [6.45, 7) is 5.67. The van der Waals surface area contributed by atoms with Gasteiger partial charge in [-0.2, -0.15) is 0 Å². The lowest BCUT2D eigenvalue weighted by Gasteiger charge is -2.01. The van der Waals surface area contributed by atoms with E-state index in [0.717, 1.165) is 23.0 Å². The third-order valence-corrected chi connectivity index (χ3v) is 3.33. The minimum absolute atomic E-state index is 0.269. The average Bonchev–Trinajstić information content (AvgIpc) is 2.45. The molecule has 3 nitrogen and oxygen atoms in total. The number of hydrogen-bond acceptors (Lipinski definition) is 4. The van der Waals surface area contributed by atoms with Crippen LogP contribution in [-0.4, -0.2) is 23.4 Å². The third-order valence-electron chi connectivity index (χ3n) is 2.32. The summed E-state index contributed by atoms with van der Waals surface area (Å²) in [6.07, 6.45) is 0. The Bertz CT molecular complexity index is 435. The van der Waals surface area contributed by atoms with Crippen molar-refractivity contribution in [3.8, 4) is 11.5 Å². The molecule has 0 saturated carbocycles. The van der Waals surface area contributed by atoms with E-state index in [1.54, 1.807) is 36.0 Å². The highest BCUT2D eigenvalue weighted by Gasteiger charge is 1.97. The van der Waals surface area contributed by atoms with Crippen LogP contribution in [0.15, 0.2) is 58.3 Å². The first-order valence-electron chi connectivity index (χ1n) is 6.49. The third kappa shape index (κ3) is 6.50. The Labute approximate surface area is 124 Å². The average molecular weight is 292 g/mol. The molecular weight excluding hydrogens is 272 g/mol. The lowest BCUT2D eigenvalue weighted by atomic mass is 10.3. The van der Waals surface area contributed by atoms with Crippen LogP contribution in [0.5, 0.6) is 11.5 Å². The maximum absolute atomic E-state index is 9.12. The Kier molecular flexibility index (Phi) is 7.62. The molecule has 0 aromatic heterocycles. The maximum Gasteiger partial charge on any atom is 0.115 e. The fourth-order valence-corrected chi connectivity index (χ4v) is 2.19. The zero-order valence-electron chi connectivity index (χ0n) is 11.7. The number of benzene rings is 2. The highest BCUT2D eigenvalue weighted by Crippen LogP contribution is 2.29. The predicted molar refractivity (Wildman–Crippen MR) is 82.5 cm³/mol. The summed E-state index contributed by atoms with van der Waals surface area (Å²) in [5, 5.41) is 18.2. The minimum atomic E-state index is 0.269. The number of phenolic OH excluding ortho intramolecular Hbond substituents is 2. The second-order valence-electron chi connectivity index (χ2n) is 3.87. The largest absolute Gasteiger partial charge is 0.508 e. The van der Waals surface area contributed by atoms with E-state index in [1.165, 1.54) is 0 Å². The Hall–Kier alpha value is -1.65. The molecule has 0 spiro atoms. The molecule has 0 atom stereocenters. The molecule has 20 heavy (non-hydrogen) atoms. The Morgan fingerprint density at radius 3 is 1.35 bits per heavy atom. The van der Waals surface area contributed by atoms with Crippen molar-refractivity contribution < 1.29 is 14.9 Å². The summed E-state index contributed by atoms with van der Waals surface area (Å²) in [5.41, 5.74) is 0. The maximum atomic E-state index is 9.12. The van der Waals surface area contributed by atoms with E-state index in [-0.39, 0.29) is 11.5 Å². The number of aromatic hydroxyl groups is 2. The highest BCUT2D eigenvalue weighted by molar-refractivity contribution is 7.99. The molecule has 108 valence electrons. The Morgan fingerprint density at radius 1 is 0.750 bits per heavy atom. The van der Waals surface area contributed by atoms with Crippen LogP contribution >= 0.6 is 11.8 Å². The van der Waals surface area contributed by atoms with Gasteiger partial charge in [0.15, 0.2) is 0 Å². The van der Waals surface area contributed by atoms with E-state index in [4.69, 9.17) is 14.9 Å². The van der Waals surface area contributed by atoms with Gasteiger partial charge in [-0.3, -0.25) is 0 Å². The van der Waals surface area contributed by atoms with Crippen molar-refractivity contribution in [2.75, 3.05) is 13.2 Å². The van der Waals surface area contributed by atoms with Gasteiger partial charge < -0.3 is 14.9 Å². The van der Waals surface area contributed by atoms with E-state index in [1.807, 2.05) is 38.1 Å². The molecule has 0 fully saturated rings. The van der Waals surface area contributed by atoms with Gasteiger partial charge in [0.25, 0.3) is 0 Å². The summed E-state index contributed by atoms with van der Waals surface area (Å²) < 4.78 is 4.83. The lowest BCUT2D eigenvalue weighted by molar-refractivity contribution is 0.162. The van der Waals surface area contributed by atoms with Crippen molar-refractivity contribution in [1.29, 1.82) is 0 Å². The predicted octanol–water partition coefficient (Wildman–Crippen LogP) is 4.29. The molecule has 0 heterocycles. The van der Waals surface area contributed by atoms with Crippen LogP contribution in [0, 0.1) is 0 Å². The van der Waals surface area contributed by atoms with Gasteiger partial charge in [0.05, 0.1) is 0 Å². The second-order valence-corrected chi connectivity index (χ2v) is 5.02. The van der Waals surface area contributed by atoms with E-state index >= 15 is 0 Å². The molecule has 2 N–H and O–H groups in total. The molecule has 0 saturated heterocycles. The number of ether oxygens (including phenoxy) is 1. The first-order valence-corrected chi connectivity index (χ1v) is 7.31. The van der Waals surface area contributed by atoms with Crippen LogP contribution in [0.4, 0.5) is 0 Å². The van der Waals surface area contributed by atoms with Crippen LogP contribution < -0.4 is 0 Å². The summed E-state index contributed by atoms with van der Waals surface area (Å²) in [6, 6.07) is 14.0. The Morgan fingerprint density at radius 2 is 1.10 bits per heavy atom. The SMILES string of the molecule is CCOCC.Oc1ccc(Sc2ccc(O)cc2)cc1. The quantitative estimate of drug-likeness (QED) is 0.882. The van der Waals surface area contributed by atoms with Crippen molar-refractivity contribution in [3.63, 3.8) is 0 Å². The monoisotopic (exact) mass is 292 g/mol. The molecule has 2 rings (SSSR count). The standard InChI is InChI=1S/C12H10O2S.C4H10O/c13-9-1-5-11(6-2-9)15-12-7-3-10(14)4-8-12;1-3-5-4-2/h1-8,13-14H;3-4H2,1-2H3. The zero-order chi connectivity index (χ0) is 14.8. The van der Waals surface area contributed by atoms with Gasteiger partial charge in [-0.05, 0) is 62.4 Å². The van der Waals surface area contributed by atoms with Gasteiger partial charge in [0.1, 0.15) is 11.5 Å². The van der Waals surface area contributed by atoms with Gasteiger partial charge in [0.2, 0.25) is 0 Å². The molecule has 0 radical (unpaired) electrons. The summed E-state index contributed by atoms with van der Waals surface area (Å²) in [7, 11) is 0. The van der Waals surface area contributed by atoms with Gasteiger partial charge in [-0.1, -0.05) is 11.8 Å². The van der Waals surface area contributed by atoms with Crippen LogP contribution in [0.3, 0.4) is 0 Å². The van der Waals surface area contributed by atoms with Crippen LogP contribution in [0.1, 0.15) is 13.8 Å². The fraction of sp³-hybridized carbons (Fsp3) is 0.250. The van der Waals surface area contributed by atoms with Gasteiger partial charge in [-0.15, -0.1) is 0 Å². The first-order chi connectivity index (χ1) is 9.65. The van der Waals surface area contributed by atoms with E-state index in [2.05, 4.69) is 0 Å². The van der Waals surface area contributed by atoms with Gasteiger partial charge in [0, 0.05) is 23.0 Å². The molecule has 2 aromatic rings. The lowest BCUT2D eigenvalue weighted by Crippen LogP contribution is -1.84. The summed E-state index contributed by atoms with van der Waals surface area (Å²) in [5.74, 6) is 0.537. The van der Waals surface area contributed by atoms with E-state index in [0.29, 0.717) is 0 Å². The van der Waals surface area contributed by atoms with Crippen LogP contribution in [-0.2, 0) is 4.74 Å². The van der Waals surface area contributed by atoms with Gasteiger partial charge in [-0.25, -0.2) is 0 Å². The van der Waals surface area contributed by atoms with E-state index in [9.17, 15) is 0 Å². The molecule has 0 aliphatic rings. The first kappa shape index (κ1) is 16.4. The van der Waals surface area contributed by atoms with Crippen molar-refractivity contribution in [3.05, 3.63) is 48.5 Å². The number of rotatable bonds is 4. The molecular formula is C16H20O3S. The number of phenols is 2. The summed E-state index contributed by atoms with van der Waals surface area (Å²) >= 11 is 1.58. The molecule has 0 aliphatic heterocycles. The van der Waals surface area contributed by atoms with E-state index < -0.39 is 0 Å². The molecule has 0 aliphatic carbocycles. The molecule has 0 unspecified atom stereocenters. The topological polar surface area (TPSA) is 49.7 Å². The van der Waals surface area contributed by atoms with Crippen molar-refractivity contribution >= 4 is 11.8 Å². The molecule has 0 bridgehead atoms. The Balaban J connectivity index is 0.000000347. The zero-order valence-corrected chi connectivity index (χ0v) is 12.6. The summed E-state index contributed by atoms with van der Waals surface area (Å²) in [4.78, 5) is 2.11. The van der Waals surface area contributed by atoms with Crippen LogP contribution in [0.25, 0.3) is 0 Å². The second kappa shape index (κ2) is 9.28. The van der Waals surface area contributed by atoms with Crippen molar-refractivity contribution in [1.82, 2.24) is 0 Å². The molecule has 2 aromatic carbocycles. The van der Waals surface area contributed by atoms with Gasteiger partial charge >= 0.3 is 0 Å². The number of hydrogen-bond donors (Lipinski definition) is 2. The normalized spacial score (nSPS) is 9.70. The smallest absolute Gasteiger partial charge is 0.115 e. The highest BCUT2D eigenvalue weighted by atomic mass is 32.2. The van der Waals surface area contributed by atoms with Crippen molar-refractivity contribution in [2.45, 2.75) is 23.6 Å². The fourth-order valence-electron chi connectivity index (χ4n) is 1.37. The minimum Gasteiger partial charge on any atom is -0.508 e. The molecule has 4 heteroatoms.